The number of hydrogen-bond acceptors (Lipinski definition) is 5. The first kappa shape index (κ1) is 14.5. The predicted octanol–water partition coefficient (Wildman–Crippen LogP) is 0.327. The van der Waals surface area contributed by atoms with E-state index >= 15 is 0 Å². The number of morpholine rings is 1. The predicted molar refractivity (Wildman–Crippen MR) is 62.3 cm³/mol. The molecule has 0 aromatic carbocycles. The van der Waals surface area contributed by atoms with Crippen LogP contribution in [0.5, 0.6) is 0 Å². The Morgan fingerprint density at radius 2 is 2.33 bits per heavy atom. The summed E-state index contributed by atoms with van der Waals surface area (Å²) in [5.41, 5.74) is 0. The fourth-order valence-electron chi connectivity index (χ4n) is 1.93. The lowest BCUT2D eigenvalue weighted by Crippen LogP contribution is -2.54. The summed E-state index contributed by atoms with van der Waals surface area (Å²) in [6, 6.07) is 1.26. The molecule has 1 fully saturated rings. The fraction of sp³-hybridized carbons (Fsp3) is 0.750. The van der Waals surface area contributed by atoms with Crippen molar-refractivity contribution in [2.75, 3.05) is 26.9 Å². The highest BCUT2D eigenvalue weighted by Crippen LogP contribution is 2.16. The van der Waals surface area contributed by atoms with Crippen molar-refractivity contribution in [2.45, 2.75) is 25.8 Å². The van der Waals surface area contributed by atoms with Crippen LogP contribution in [-0.2, 0) is 19.1 Å². The van der Waals surface area contributed by atoms with Crippen molar-refractivity contribution in [2.24, 2.45) is 5.92 Å². The Labute approximate surface area is 106 Å². The quantitative estimate of drug-likeness (QED) is 0.675. The summed E-state index contributed by atoms with van der Waals surface area (Å²) >= 11 is 0. The third kappa shape index (κ3) is 3.20. The molecule has 0 spiro atoms. The van der Waals surface area contributed by atoms with Crippen molar-refractivity contribution in [3.05, 3.63) is 0 Å². The summed E-state index contributed by atoms with van der Waals surface area (Å²) in [6.07, 6.45) is 1.25. The average Bonchev–Trinajstić information content (AvgIpc) is 2.43. The lowest BCUT2D eigenvalue weighted by atomic mass is 10.0. The van der Waals surface area contributed by atoms with E-state index in [-0.39, 0.29) is 12.5 Å². The monoisotopic (exact) mass is 254 g/mol. The van der Waals surface area contributed by atoms with E-state index in [0.29, 0.717) is 19.6 Å². The Morgan fingerprint density at radius 1 is 1.61 bits per heavy atom. The van der Waals surface area contributed by atoms with Gasteiger partial charge in [-0.05, 0) is 6.42 Å². The number of carbonyl (C=O) groups is 2. The van der Waals surface area contributed by atoms with Gasteiger partial charge in [-0.1, -0.05) is 13.3 Å². The number of ether oxygens (including phenoxy) is 2. The first-order valence-electron chi connectivity index (χ1n) is 6.01. The zero-order chi connectivity index (χ0) is 13.5. The Hall–Kier alpha value is -1.61. The maximum Gasteiger partial charge on any atom is 0.331 e. The highest BCUT2D eigenvalue weighted by atomic mass is 16.5. The third-order valence-electron chi connectivity index (χ3n) is 2.92. The van der Waals surface area contributed by atoms with Gasteiger partial charge in [0.05, 0.1) is 26.4 Å². The van der Waals surface area contributed by atoms with Crippen LogP contribution in [0.2, 0.25) is 0 Å². The Kier molecular flexibility index (Phi) is 5.59. The normalized spacial score (nSPS) is 20.9. The van der Waals surface area contributed by atoms with Crippen molar-refractivity contribution in [3.8, 4) is 6.07 Å². The highest BCUT2D eigenvalue weighted by molar-refractivity contribution is 5.87. The van der Waals surface area contributed by atoms with Gasteiger partial charge in [-0.25, -0.2) is 4.79 Å². The minimum Gasteiger partial charge on any atom is -0.467 e. The van der Waals surface area contributed by atoms with Gasteiger partial charge in [-0.15, -0.1) is 0 Å². The molecule has 1 heterocycles. The van der Waals surface area contributed by atoms with E-state index in [4.69, 9.17) is 10.00 Å². The average molecular weight is 254 g/mol. The summed E-state index contributed by atoms with van der Waals surface area (Å²) in [6.45, 7) is 2.74. The van der Waals surface area contributed by atoms with E-state index in [1.807, 2.05) is 13.0 Å². The fourth-order valence-corrected chi connectivity index (χ4v) is 1.93. The molecule has 6 nitrogen and oxygen atoms in total. The van der Waals surface area contributed by atoms with Crippen molar-refractivity contribution in [1.29, 1.82) is 5.26 Å². The van der Waals surface area contributed by atoms with Gasteiger partial charge in [0.1, 0.15) is 5.92 Å². The summed E-state index contributed by atoms with van der Waals surface area (Å²) < 4.78 is 9.83. The van der Waals surface area contributed by atoms with Gasteiger partial charge in [-0.3, -0.25) is 4.79 Å². The molecular formula is C12H18N2O4. The molecule has 0 N–H and O–H groups in total. The number of nitrogens with zero attached hydrogens (tertiary/aromatic N) is 2. The van der Waals surface area contributed by atoms with Crippen LogP contribution in [0.1, 0.15) is 19.8 Å². The molecule has 0 radical (unpaired) electrons. The molecule has 100 valence electrons. The molecule has 18 heavy (non-hydrogen) atoms. The Bertz CT molecular complexity index is 350. The first-order valence-corrected chi connectivity index (χ1v) is 6.01. The zero-order valence-electron chi connectivity index (χ0n) is 10.7. The van der Waals surface area contributed by atoms with E-state index in [0.717, 1.165) is 6.42 Å². The molecule has 0 aromatic rings. The molecule has 0 aromatic heterocycles. The van der Waals surface area contributed by atoms with Gasteiger partial charge in [-0.2, -0.15) is 5.26 Å². The second-order valence-corrected chi connectivity index (χ2v) is 4.12. The van der Waals surface area contributed by atoms with Gasteiger partial charge in [0.25, 0.3) is 0 Å². The minimum atomic E-state index is -0.732. The SMILES string of the molecule is CCCC(C#N)C(=O)N1CCOCC1C(=O)OC. The molecule has 1 rings (SSSR count). The molecule has 1 aliphatic heterocycles. The Balaban J connectivity index is 2.80. The summed E-state index contributed by atoms with van der Waals surface area (Å²) in [5.74, 6) is -1.51. The maximum atomic E-state index is 12.2. The summed E-state index contributed by atoms with van der Waals surface area (Å²) in [5, 5.41) is 9.00. The minimum absolute atomic E-state index is 0.128. The third-order valence-corrected chi connectivity index (χ3v) is 2.92. The number of carbonyl (C=O) groups excluding carboxylic acids is 2. The largest absolute Gasteiger partial charge is 0.467 e. The van der Waals surface area contributed by atoms with Crippen molar-refractivity contribution in [1.82, 2.24) is 4.90 Å². The lowest BCUT2D eigenvalue weighted by molar-refractivity contribution is -0.161. The van der Waals surface area contributed by atoms with Crippen molar-refractivity contribution < 1.29 is 19.1 Å². The van der Waals surface area contributed by atoms with E-state index in [1.54, 1.807) is 0 Å². The molecule has 2 unspecified atom stereocenters. The smallest absolute Gasteiger partial charge is 0.331 e. The van der Waals surface area contributed by atoms with Gasteiger partial charge in [0.2, 0.25) is 5.91 Å². The number of amides is 1. The standard InChI is InChI=1S/C12H18N2O4/c1-3-4-9(7-13)11(15)14-5-6-18-8-10(14)12(16)17-2/h9-10H,3-6,8H2,1-2H3. The summed E-state index contributed by atoms with van der Waals surface area (Å²) in [7, 11) is 1.27. The van der Waals surface area contributed by atoms with Gasteiger partial charge in [0.15, 0.2) is 6.04 Å². The molecule has 1 saturated heterocycles. The van der Waals surface area contributed by atoms with Gasteiger partial charge in [0, 0.05) is 6.54 Å². The van der Waals surface area contributed by atoms with Crippen LogP contribution in [0.3, 0.4) is 0 Å². The number of hydrogen-bond donors (Lipinski definition) is 0. The molecule has 1 amide bonds. The van der Waals surface area contributed by atoms with E-state index in [2.05, 4.69) is 4.74 Å². The number of methoxy groups -OCH3 is 1. The van der Waals surface area contributed by atoms with Crippen LogP contribution in [0.15, 0.2) is 0 Å². The first-order chi connectivity index (χ1) is 8.65. The molecule has 2 atom stereocenters. The van der Waals surface area contributed by atoms with Crippen LogP contribution in [-0.4, -0.2) is 49.7 Å². The van der Waals surface area contributed by atoms with Gasteiger partial charge >= 0.3 is 5.97 Å². The molecule has 0 bridgehead atoms. The van der Waals surface area contributed by atoms with Crippen LogP contribution < -0.4 is 0 Å². The van der Waals surface area contributed by atoms with Crippen LogP contribution in [0.4, 0.5) is 0 Å². The van der Waals surface area contributed by atoms with Crippen LogP contribution >= 0.6 is 0 Å². The zero-order valence-corrected chi connectivity index (χ0v) is 10.7. The number of rotatable bonds is 4. The second kappa shape index (κ2) is 6.97. The Morgan fingerprint density at radius 3 is 2.89 bits per heavy atom. The van der Waals surface area contributed by atoms with Crippen molar-refractivity contribution in [3.63, 3.8) is 0 Å². The summed E-state index contributed by atoms with van der Waals surface area (Å²) in [4.78, 5) is 25.2. The second-order valence-electron chi connectivity index (χ2n) is 4.12. The number of nitriles is 1. The highest BCUT2D eigenvalue weighted by Gasteiger charge is 2.36. The lowest BCUT2D eigenvalue weighted by Gasteiger charge is -2.34. The van der Waals surface area contributed by atoms with Gasteiger partial charge < -0.3 is 14.4 Å². The van der Waals surface area contributed by atoms with E-state index in [1.165, 1.54) is 12.0 Å². The van der Waals surface area contributed by atoms with E-state index < -0.39 is 17.9 Å². The molecule has 1 aliphatic rings. The van der Waals surface area contributed by atoms with Crippen molar-refractivity contribution >= 4 is 11.9 Å². The topological polar surface area (TPSA) is 79.6 Å². The molecule has 0 aliphatic carbocycles. The maximum absolute atomic E-state index is 12.2. The molecule has 0 saturated carbocycles. The molecule has 6 heteroatoms. The van der Waals surface area contributed by atoms with E-state index in [9.17, 15) is 9.59 Å². The van der Waals surface area contributed by atoms with Crippen LogP contribution in [0.25, 0.3) is 0 Å². The molecular weight excluding hydrogens is 236 g/mol. The van der Waals surface area contributed by atoms with Crippen LogP contribution in [0, 0.1) is 17.2 Å². The number of esters is 1.